The maximum atomic E-state index is 12.1. The Balaban J connectivity index is 1.49. The Labute approximate surface area is 187 Å². The Kier molecular flexibility index (Phi) is 6.17. The molecular weight excluding hydrogens is 388 g/mol. The average molecular weight is 431 g/mol. The van der Waals surface area contributed by atoms with Gasteiger partial charge in [-0.25, -0.2) is 0 Å². The van der Waals surface area contributed by atoms with Crippen LogP contribution in [-0.4, -0.2) is 28.1 Å². The second-order valence-corrected chi connectivity index (χ2v) is 12.0. The van der Waals surface area contributed by atoms with Crippen LogP contribution >= 0.6 is 0 Å². The molecule has 0 aromatic rings. The summed E-state index contributed by atoms with van der Waals surface area (Å²) >= 11 is 0. The van der Waals surface area contributed by atoms with Crippen LogP contribution in [-0.2, 0) is 9.59 Å². The van der Waals surface area contributed by atoms with Gasteiger partial charge < -0.3 is 10.2 Å². The van der Waals surface area contributed by atoms with Crippen LogP contribution in [0.1, 0.15) is 91.9 Å². The van der Waals surface area contributed by atoms with Gasteiger partial charge in [-0.15, -0.1) is 0 Å². The molecular formula is C27H42O4. The first kappa shape index (κ1) is 23.0. The highest BCUT2D eigenvalue weighted by atomic mass is 16.4. The SMILES string of the molecule is CC(CCC[C@@H](C)C1CCC2C3C(CC[C@@]21C)[C@@]1(C)CCC(=O)C=C1C[C@H]3O)C(=O)O. The minimum absolute atomic E-state index is 0.0931. The zero-order valence-corrected chi connectivity index (χ0v) is 19.9. The number of carbonyl (C=O) groups excluding carboxylic acids is 1. The van der Waals surface area contributed by atoms with Gasteiger partial charge in [0.2, 0.25) is 0 Å². The lowest BCUT2D eigenvalue weighted by atomic mass is 9.45. The summed E-state index contributed by atoms with van der Waals surface area (Å²) < 4.78 is 0. The molecule has 4 aliphatic rings. The third-order valence-electron chi connectivity index (χ3n) is 10.5. The number of carboxylic acid groups (broad SMARTS) is 1. The van der Waals surface area contributed by atoms with Gasteiger partial charge in [0.25, 0.3) is 0 Å². The van der Waals surface area contributed by atoms with Crippen LogP contribution < -0.4 is 0 Å². The van der Waals surface area contributed by atoms with Crippen LogP contribution in [0.4, 0.5) is 0 Å². The summed E-state index contributed by atoms with van der Waals surface area (Å²) in [6.07, 6.45) is 11.6. The predicted octanol–water partition coefficient (Wildman–Crippen LogP) is 5.63. The van der Waals surface area contributed by atoms with Gasteiger partial charge in [-0.2, -0.15) is 0 Å². The first-order chi connectivity index (χ1) is 14.6. The summed E-state index contributed by atoms with van der Waals surface area (Å²) in [6, 6.07) is 0. The van der Waals surface area contributed by atoms with Gasteiger partial charge in [0.15, 0.2) is 5.78 Å². The molecule has 4 rings (SSSR count). The topological polar surface area (TPSA) is 74.6 Å². The normalized spacial score (nSPS) is 44.0. The Morgan fingerprint density at radius 2 is 1.87 bits per heavy atom. The molecule has 4 nitrogen and oxygen atoms in total. The first-order valence-electron chi connectivity index (χ1n) is 12.7. The highest BCUT2D eigenvalue weighted by Gasteiger charge is 2.61. The fourth-order valence-corrected chi connectivity index (χ4v) is 8.57. The van der Waals surface area contributed by atoms with Crippen molar-refractivity contribution in [1.82, 2.24) is 0 Å². The van der Waals surface area contributed by atoms with E-state index in [9.17, 15) is 14.7 Å². The molecule has 0 aliphatic heterocycles. The quantitative estimate of drug-likeness (QED) is 0.572. The van der Waals surface area contributed by atoms with E-state index >= 15 is 0 Å². The van der Waals surface area contributed by atoms with Crippen LogP contribution in [0.25, 0.3) is 0 Å². The van der Waals surface area contributed by atoms with Gasteiger partial charge in [0, 0.05) is 6.42 Å². The van der Waals surface area contributed by atoms with E-state index < -0.39 is 5.97 Å². The van der Waals surface area contributed by atoms with E-state index in [0.29, 0.717) is 42.4 Å². The molecule has 0 radical (unpaired) electrons. The lowest BCUT2D eigenvalue weighted by Gasteiger charge is -2.60. The summed E-state index contributed by atoms with van der Waals surface area (Å²) in [5, 5.41) is 20.4. The molecule has 3 saturated carbocycles. The molecule has 0 bridgehead atoms. The second kappa shape index (κ2) is 8.32. The average Bonchev–Trinajstić information content (AvgIpc) is 3.06. The molecule has 0 aromatic carbocycles. The van der Waals surface area contributed by atoms with Gasteiger partial charge in [0.1, 0.15) is 0 Å². The minimum Gasteiger partial charge on any atom is -0.481 e. The molecule has 31 heavy (non-hydrogen) atoms. The maximum Gasteiger partial charge on any atom is 0.306 e. The third kappa shape index (κ3) is 3.81. The molecule has 4 heteroatoms. The Morgan fingerprint density at radius 1 is 1.13 bits per heavy atom. The number of carbonyl (C=O) groups is 2. The largest absolute Gasteiger partial charge is 0.481 e. The van der Waals surface area contributed by atoms with E-state index in [1.807, 2.05) is 13.0 Å². The van der Waals surface area contributed by atoms with Crippen molar-refractivity contribution in [3.05, 3.63) is 11.6 Å². The van der Waals surface area contributed by atoms with Gasteiger partial charge in [-0.05, 0) is 91.4 Å². The van der Waals surface area contributed by atoms with E-state index in [2.05, 4.69) is 20.8 Å². The number of hydrogen-bond donors (Lipinski definition) is 2. The van der Waals surface area contributed by atoms with E-state index in [1.54, 1.807) is 0 Å². The van der Waals surface area contributed by atoms with Crippen LogP contribution in [0.2, 0.25) is 0 Å². The van der Waals surface area contributed by atoms with Crippen LogP contribution in [0.15, 0.2) is 11.6 Å². The standard InChI is InChI=1S/C27H42O4/c1-16(6-5-7-17(2)25(30)31)20-8-9-21-24-22(11-13-27(20,21)4)26(3)12-10-19(28)14-18(26)15-23(24)29/h14,16-17,20-24,29H,5-13,15H2,1-4H3,(H,30,31)/t16-,17?,20?,21?,22?,23-,24?,26+,27-/m1/s1. The molecule has 0 heterocycles. The van der Waals surface area contributed by atoms with Gasteiger partial charge in [-0.1, -0.05) is 46.1 Å². The number of carboxylic acids is 1. The van der Waals surface area contributed by atoms with Crippen LogP contribution in [0, 0.1) is 46.3 Å². The molecule has 0 aromatic heterocycles. The van der Waals surface area contributed by atoms with Crippen molar-refractivity contribution >= 4 is 11.8 Å². The van der Waals surface area contributed by atoms with Gasteiger partial charge >= 0.3 is 5.97 Å². The van der Waals surface area contributed by atoms with Gasteiger partial charge in [-0.3, -0.25) is 9.59 Å². The number of fused-ring (bicyclic) bond motifs is 5. The Bertz CT molecular complexity index is 756. The van der Waals surface area contributed by atoms with E-state index in [-0.39, 0.29) is 28.6 Å². The molecule has 2 N–H and O–H groups in total. The van der Waals surface area contributed by atoms with Crippen molar-refractivity contribution in [2.45, 2.75) is 98.0 Å². The highest BCUT2D eigenvalue weighted by molar-refractivity contribution is 5.91. The lowest BCUT2D eigenvalue weighted by Crippen LogP contribution is -2.55. The zero-order chi connectivity index (χ0) is 22.6. The lowest BCUT2D eigenvalue weighted by molar-refractivity contribution is -0.141. The van der Waals surface area contributed by atoms with Crippen molar-refractivity contribution in [3.63, 3.8) is 0 Å². The summed E-state index contributed by atoms with van der Waals surface area (Å²) in [4.78, 5) is 23.2. The number of hydrogen-bond acceptors (Lipinski definition) is 3. The summed E-state index contributed by atoms with van der Waals surface area (Å²) in [7, 11) is 0. The van der Waals surface area contributed by atoms with Crippen molar-refractivity contribution in [3.8, 4) is 0 Å². The van der Waals surface area contributed by atoms with E-state index in [1.165, 1.54) is 24.8 Å². The number of ketones is 1. The highest BCUT2D eigenvalue weighted by Crippen LogP contribution is 2.67. The minimum atomic E-state index is -0.684. The molecule has 174 valence electrons. The number of aliphatic hydroxyl groups is 1. The number of aliphatic carboxylic acids is 1. The zero-order valence-electron chi connectivity index (χ0n) is 19.9. The molecule has 0 saturated heterocycles. The first-order valence-corrected chi connectivity index (χ1v) is 12.7. The van der Waals surface area contributed by atoms with Crippen molar-refractivity contribution < 1.29 is 19.8 Å². The fourth-order valence-electron chi connectivity index (χ4n) is 8.57. The molecule has 4 aliphatic carbocycles. The number of aliphatic hydroxyl groups excluding tert-OH is 1. The van der Waals surface area contributed by atoms with E-state index in [0.717, 1.165) is 32.1 Å². The molecule has 3 fully saturated rings. The second-order valence-electron chi connectivity index (χ2n) is 12.0. The molecule has 9 atom stereocenters. The van der Waals surface area contributed by atoms with Crippen molar-refractivity contribution in [2.24, 2.45) is 46.3 Å². The third-order valence-corrected chi connectivity index (χ3v) is 10.5. The predicted molar refractivity (Wildman–Crippen MR) is 121 cm³/mol. The van der Waals surface area contributed by atoms with Gasteiger partial charge in [0.05, 0.1) is 12.0 Å². The number of rotatable bonds is 6. The molecule has 0 amide bonds. The Hall–Kier alpha value is -1.16. The van der Waals surface area contributed by atoms with Crippen molar-refractivity contribution in [1.29, 1.82) is 0 Å². The monoisotopic (exact) mass is 430 g/mol. The molecule has 5 unspecified atom stereocenters. The van der Waals surface area contributed by atoms with Crippen LogP contribution in [0.3, 0.4) is 0 Å². The smallest absolute Gasteiger partial charge is 0.306 e. The van der Waals surface area contributed by atoms with Crippen molar-refractivity contribution in [2.75, 3.05) is 0 Å². The summed E-state index contributed by atoms with van der Waals surface area (Å²) in [6.45, 7) is 9.05. The summed E-state index contributed by atoms with van der Waals surface area (Å²) in [5.41, 5.74) is 1.59. The maximum absolute atomic E-state index is 12.1. The Morgan fingerprint density at radius 3 is 2.58 bits per heavy atom. The molecule has 0 spiro atoms. The summed E-state index contributed by atoms with van der Waals surface area (Å²) in [5.74, 6) is 2.01. The van der Waals surface area contributed by atoms with Crippen LogP contribution in [0.5, 0.6) is 0 Å². The fraction of sp³-hybridized carbons (Fsp3) is 0.852. The van der Waals surface area contributed by atoms with E-state index in [4.69, 9.17) is 5.11 Å².